The molecule has 3 nitrogen and oxygen atoms in total. The molecule has 3 rings (SSSR count). The predicted octanol–water partition coefficient (Wildman–Crippen LogP) is 4.55. The van der Waals surface area contributed by atoms with Gasteiger partial charge in [-0.1, -0.05) is 15.9 Å². The summed E-state index contributed by atoms with van der Waals surface area (Å²) in [6, 6.07) is 4.76. The van der Waals surface area contributed by atoms with Crippen LogP contribution in [-0.2, 0) is 0 Å². The molecule has 9 heteroatoms. The quantitative estimate of drug-likeness (QED) is 0.726. The second-order valence-electron chi connectivity index (χ2n) is 5.80. The van der Waals surface area contributed by atoms with E-state index in [1.165, 1.54) is 6.07 Å². The summed E-state index contributed by atoms with van der Waals surface area (Å²) in [6.07, 6.45) is -2.54. The molecule has 138 valence electrons. The Morgan fingerprint density at radius 3 is 2.33 bits per heavy atom. The van der Waals surface area contributed by atoms with E-state index in [1.54, 1.807) is 12.1 Å². The zero-order valence-corrected chi connectivity index (χ0v) is 16.0. The summed E-state index contributed by atoms with van der Waals surface area (Å²) < 4.78 is 43.1. The van der Waals surface area contributed by atoms with Crippen molar-refractivity contribution in [1.29, 1.82) is 0 Å². The summed E-state index contributed by atoms with van der Waals surface area (Å²) in [5, 5.41) is 3.28. The first-order valence-electron chi connectivity index (χ1n) is 7.44. The molecule has 1 heterocycles. The smallest absolute Gasteiger partial charge is 0.405 e. The van der Waals surface area contributed by atoms with Gasteiger partial charge in [-0.25, -0.2) is 0 Å². The van der Waals surface area contributed by atoms with Crippen molar-refractivity contribution in [2.45, 2.75) is 25.2 Å². The topological polar surface area (TPSA) is 24.5 Å². The van der Waals surface area contributed by atoms with Crippen LogP contribution in [0.25, 0.3) is 0 Å². The maximum absolute atomic E-state index is 12.7. The first kappa shape index (κ1) is 21.8. The molecule has 1 N–H and O–H groups in total. The number of hydrogen-bond donors (Lipinski definition) is 1. The van der Waals surface area contributed by atoms with Crippen LogP contribution < -0.4 is 10.1 Å². The zero-order chi connectivity index (χ0) is 15.7. The number of ether oxygens (including phenoxy) is 1. The van der Waals surface area contributed by atoms with Crippen LogP contribution in [0, 0.1) is 5.92 Å². The van der Waals surface area contributed by atoms with Gasteiger partial charge in [-0.05, 0) is 37.0 Å². The minimum atomic E-state index is -4.67. The molecule has 0 aromatic heterocycles. The van der Waals surface area contributed by atoms with Crippen molar-refractivity contribution in [2.24, 2.45) is 5.92 Å². The summed E-state index contributed by atoms with van der Waals surface area (Å²) in [5.74, 6) is 0.342. The standard InChI is InChI=1S/C15H18BrF3N2O.2ClH/c16-11-3-4-13(22-15(17,18)19)12(9-11)14(10-1-2-10)21-7-5-20-6-8-21;;/h3-4,9-10,14,20H,1-2,5-8H2;2*1H/t14-;;/m1../s1. The lowest BCUT2D eigenvalue weighted by atomic mass is 9.98. The molecule has 0 bridgehead atoms. The maximum Gasteiger partial charge on any atom is 0.573 e. The number of nitrogens with one attached hydrogen (secondary N) is 1. The predicted molar refractivity (Wildman–Crippen MR) is 95.2 cm³/mol. The van der Waals surface area contributed by atoms with E-state index in [0.29, 0.717) is 11.5 Å². The molecule has 1 aromatic carbocycles. The van der Waals surface area contributed by atoms with Crippen molar-refractivity contribution in [3.05, 3.63) is 28.2 Å². The van der Waals surface area contributed by atoms with Crippen LogP contribution in [-0.4, -0.2) is 37.4 Å². The molecule has 0 radical (unpaired) electrons. The van der Waals surface area contributed by atoms with E-state index in [-0.39, 0.29) is 36.6 Å². The van der Waals surface area contributed by atoms with Crippen LogP contribution in [0.1, 0.15) is 24.4 Å². The number of halogens is 6. The fourth-order valence-corrected chi connectivity index (χ4v) is 3.47. The van der Waals surface area contributed by atoms with Gasteiger partial charge in [0, 0.05) is 42.3 Å². The lowest BCUT2D eigenvalue weighted by Gasteiger charge is -2.36. The van der Waals surface area contributed by atoms with Crippen LogP contribution >= 0.6 is 40.7 Å². The SMILES string of the molecule is Cl.Cl.FC(F)(F)Oc1ccc(Br)cc1[C@@H](C1CC1)N1CCNCC1. The molecule has 2 aliphatic rings. The Hall–Kier alpha value is -0.210. The van der Waals surface area contributed by atoms with Gasteiger partial charge in [-0.3, -0.25) is 4.90 Å². The van der Waals surface area contributed by atoms with Gasteiger partial charge in [-0.2, -0.15) is 0 Å². The minimum Gasteiger partial charge on any atom is -0.405 e. The van der Waals surface area contributed by atoms with Crippen molar-refractivity contribution >= 4 is 40.7 Å². The lowest BCUT2D eigenvalue weighted by molar-refractivity contribution is -0.275. The van der Waals surface area contributed by atoms with E-state index >= 15 is 0 Å². The van der Waals surface area contributed by atoms with Crippen LogP contribution in [0.3, 0.4) is 0 Å². The number of hydrogen-bond acceptors (Lipinski definition) is 3. The van der Waals surface area contributed by atoms with Gasteiger partial charge < -0.3 is 10.1 Å². The first-order valence-corrected chi connectivity index (χ1v) is 8.23. The average Bonchev–Trinajstić information content (AvgIpc) is 3.27. The molecule has 0 spiro atoms. The lowest BCUT2D eigenvalue weighted by Crippen LogP contribution is -2.45. The molecule has 1 aliphatic carbocycles. The Kier molecular flexibility index (Phi) is 8.13. The highest BCUT2D eigenvalue weighted by Crippen LogP contribution is 2.48. The minimum absolute atomic E-state index is 0. The van der Waals surface area contributed by atoms with Gasteiger partial charge in [-0.15, -0.1) is 38.0 Å². The molecule has 1 saturated carbocycles. The largest absolute Gasteiger partial charge is 0.573 e. The van der Waals surface area contributed by atoms with Crippen LogP contribution in [0.4, 0.5) is 13.2 Å². The molecule has 1 aromatic rings. The van der Waals surface area contributed by atoms with Crippen molar-refractivity contribution in [2.75, 3.05) is 26.2 Å². The van der Waals surface area contributed by atoms with E-state index in [2.05, 4.69) is 30.9 Å². The molecule has 0 unspecified atom stereocenters. The monoisotopic (exact) mass is 450 g/mol. The number of rotatable bonds is 4. The van der Waals surface area contributed by atoms with Gasteiger partial charge >= 0.3 is 6.36 Å². The molecule has 2 fully saturated rings. The molecular weight excluding hydrogens is 432 g/mol. The van der Waals surface area contributed by atoms with Crippen LogP contribution in [0.2, 0.25) is 0 Å². The Morgan fingerprint density at radius 2 is 1.79 bits per heavy atom. The van der Waals surface area contributed by atoms with Crippen molar-refractivity contribution < 1.29 is 17.9 Å². The third kappa shape index (κ3) is 5.66. The Labute approximate surface area is 160 Å². The van der Waals surface area contributed by atoms with E-state index in [0.717, 1.165) is 43.5 Å². The number of alkyl halides is 3. The van der Waals surface area contributed by atoms with Crippen molar-refractivity contribution in [3.63, 3.8) is 0 Å². The Morgan fingerprint density at radius 1 is 1.17 bits per heavy atom. The Bertz CT molecular complexity index is 538. The van der Waals surface area contributed by atoms with Gasteiger partial charge in [0.05, 0.1) is 0 Å². The van der Waals surface area contributed by atoms with Crippen molar-refractivity contribution in [3.8, 4) is 5.75 Å². The fraction of sp³-hybridized carbons (Fsp3) is 0.600. The van der Waals surface area contributed by atoms with Crippen LogP contribution in [0.15, 0.2) is 22.7 Å². The summed E-state index contributed by atoms with van der Waals surface area (Å²) in [7, 11) is 0. The van der Waals surface area contributed by atoms with Crippen LogP contribution in [0.5, 0.6) is 5.75 Å². The number of benzene rings is 1. The molecule has 0 amide bonds. The summed E-state index contributed by atoms with van der Waals surface area (Å²) in [6.45, 7) is 3.43. The fourth-order valence-electron chi connectivity index (χ4n) is 3.09. The van der Waals surface area contributed by atoms with Crippen molar-refractivity contribution in [1.82, 2.24) is 10.2 Å². The van der Waals surface area contributed by atoms with E-state index < -0.39 is 6.36 Å². The van der Waals surface area contributed by atoms with E-state index in [1.807, 2.05) is 0 Å². The first-order chi connectivity index (χ1) is 10.4. The molecule has 1 atom stereocenters. The normalized spacial score (nSPS) is 19.8. The number of nitrogens with zero attached hydrogens (tertiary/aromatic N) is 1. The summed E-state index contributed by atoms with van der Waals surface area (Å²) >= 11 is 3.37. The van der Waals surface area contributed by atoms with Gasteiger partial charge in [0.15, 0.2) is 0 Å². The second kappa shape index (κ2) is 8.94. The third-order valence-corrected chi connectivity index (χ3v) is 4.62. The molecule has 1 saturated heterocycles. The maximum atomic E-state index is 12.7. The van der Waals surface area contributed by atoms with E-state index in [9.17, 15) is 13.2 Å². The number of piperazine rings is 1. The Balaban J connectivity index is 0.00000144. The average molecular weight is 452 g/mol. The highest BCUT2D eigenvalue weighted by Gasteiger charge is 2.40. The third-order valence-electron chi connectivity index (χ3n) is 4.13. The summed E-state index contributed by atoms with van der Waals surface area (Å²) in [4.78, 5) is 2.28. The molecular formula is C15H20BrCl2F3N2O. The van der Waals surface area contributed by atoms with E-state index in [4.69, 9.17) is 0 Å². The van der Waals surface area contributed by atoms with Gasteiger partial charge in [0.1, 0.15) is 5.75 Å². The van der Waals surface area contributed by atoms with Gasteiger partial charge in [0.2, 0.25) is 0 Å². The molecule has 1 aliphatic heterocycles. The molecule has 24 heavy (non-hydrogen) atoms. The zero-order valence-electron chi connectivity index (χ0n) is 12.8. The second-order valence-corrected chi connectivity index (χ2v) is 6.71. The summed E-state index contributed by atoms with van der Waals surface area (Å²) in [5.41, 5.74) is 0.635. The highest BCUT2D eigenvalue weighted by atomic mass is 79.9. The van der Waals surface area contributed by atoms with Gasteiger partial charge in [0.25, 0.3) is 0 Å². The highest BCUT2D eigenvalue weighted by molar-refractivity contribution is 9.10.